The maximum absolute atomic E-state index is 11.8. The van der Waals surface area contributed by atoms with Gasteiger partial charge in [0.2, 0.25) is 0 Å². The molecule has 0 saturated carbocycles. The molecule has 0 unspecified atom stereocenters. The Morgan fingerprint density at radius 3 is 2.58 bits per heavy atom. The molecule has 0 amide bonds. The third kappa shape index (κ3) is 5.01. The lowest BCUT2D eigenvalue weighted by atomic mass is 10.1. The van der Waals surface area contributed by atoms with E-state index in [1.165, 1.54) is 19.3 Å². The highest BCUT2D eigenvalue weighted by Crippen LogP contribution is 2.16. The van der Waals surface area contributed by atoms with E-state index in [-0.39, 0.29) is 18.4 Å². The Labute approximate surface area is 125 Å². The first-order chi connectivity index (χ1) is 8.77. The van der Waals surface area contributed by atoms with Crippen LogP contribution in [-0.2, 0) is 4.74 Å². The van der Waals surface area contributed by atoms with Crippen molar-refractivity contribution < 1.29 is 9.53 Å². The van der Waals surface area contributed by atoms with Crippen LogP contribution >= 0.6 is 24.0 Å². The molecule has 1 saturated heterocycles. The van der Waals surface area contributed by atoms with Gasteiger partial charge >= 0.3 is 5.97 Å². The van der Waals surface area contributed by atoms with Crippen LogP contribution in [0.4, 0.5) is 0 Å². The summed E-state index contributed by atoms with van der Waals surface area (Å²) in [5.74, 6) is -0.336. The minimum atomic E-state index is -0.336. The molecule has 3 nitrogen and oxygen atoms in total. The van der Waals surface area contributed by atoms with Gasteiger partial charge in [0, 0.05) is 6.54 Å². The van der Waals surface area contributed by atoms with Crippen molar-refractivity contribution >= 4 is 30.0 Å². The van der Waals surface area contributed by atoms with Crippen LogP contribution in [0.3, 0.4) is 0 Å². The molecule has 1 aromatic carbocycles. The molecule has 0 N–H and O–H groups in total. The van der Waals surface area contributed by atoms with Gasteiger partial charge in [0.15, 0.2) is 0 Å². The van der Waals surface area contributed by atoms with Gasteiger partial charge in [-0.3, -0.25) is 4.90 Å². The monoisotopic (exact) mass is 303 g/mol. The number of carbonyl (C=O) groups excluding carboxylic acids is 1. The number of rotatable bonds is 4. The Balaban J connectivity index is 0.00000180. The Morgan fingerprint density at radius 2 is 1.89 bits per heavy atom. The molecule has 2 rings (SSSR count). The van der Waals surface area contributed by atoms with Crippen LogP contribution in [0.15, 0.2) is 24.3 Å². The predicted octanol–water partition coefficient (Wildman–Crippen LogP) is 3.40. The predicted molar refractivity (Wildman–Crippen MR) is 79.3 cm³/mol. The van der Waals surface area contributed by atoms with E-state index < -0.39 is 0 Å². The first kappa shape index (κ1) is 16.3. The molecular formula is C14H19Cl2NO2. The number of benzene rings is 1. The van der Waals surface area contributed by atoms with E-state index in [9.17, 15) is 4.79 Å². The number of piperidine rings is 1. The van der Waals surface area contributed by atoms with Crippen LogP contribution in [-0.4, -0.2) is 37.1 Å². The molecule has 0 aromatic heterocycles. The molecule has 19 heavy (non-hydrogen) atoms. The molecule has 1 fully saturated rings. The highest BCUT2D eigenvalue weighted by molar-refractivity contribution is 6.33. The van der Waals surface area contributed by atoms with Crippen LogP contribution < -0.4 is 0 Å². The van der Waals surface area contributed by atoms with Crippen molar-refractivity contribution in [2.75, 3.05) is 26.2 Å². The first-order valence-electron chi connectivity index (χ1n) is 6.41. The minimum absolute atomic E-state index is 0. The fourth-order valence-corrected chi connectivity index (χ4v) is 2.37. The van der Waals surface area contributed by atoms with Crippen molar-refractivity contribution in [3.63, 3.8) is 0 Å². The summed E-state index contributed by atoms with van der Waals surface area (Å²) in [6, 6.07) is 6.97. The van der Waals surface area contributed by atoms with Gasteiger partial charge in [-0.1, -0.05) is 30.2 Å². The minimum Gasteiger partial charge on any atom is -0.461 e. The Kier molecular flexibility index (Phi) is 7.21. The second kappa shape index (κ2) is 8.41. The normalized spacial score (nSPS) is 15.6. The molecule has 1 aliphatic rings. The quantitative estimate of drug-likeness (QED) is 0.798. The summed E-state index contributed by atoms with van der Waals surface area (Å²) >= 11 is 5.94. The Morgan fingerprint density at radius 1 is 1.21 bits per heavy atom. The fourth-order valence-electron chi connectivity index (χ4n) is 2.15. The van der Waals surface area contributed by atoms with Crippen LogP contribution in [0.25, 0.3) is 0 Å². The molecule has 5 heteroatoms. The van der Waals surface area contributed by atoms with Crippen molar-refractivity contribution in [1.29, 1.82) is 0 Å². The lowest BCUT2D eigenvalue weighted by Gasteiger charge is -2.25. The molecule has 1 heterocycles. The molecule has 1 aliphatic heterocycles. The summed E-state index contributed by atoms with van der Waals surface area (Å²) in [6.45, 7) is 3.48. The number of nitrogens with zero attached hydrogens (tertiary/aromatic N) is 1. The van der Waals surface area contributed by atoms with Crippen molar-refractivity contribution in [3.05, 3.63) is 34.9 Å². The SMILES string of the molecule is Cl.O=C(OCCN1CCCCC1)c1ccccc1Cl. The van der Waals surface area contributed by atoms with Gasteiger partial charge in [0.25, 0.3) is 0 Å². The van der Waals surface area contributed by atoms with Gasteiger partial charge in [-0.15, -0.1) is 12.4 Å². The zero-order valence-electron chi connectivity index (χ0n) is 10.8. The van der Waals surface area contributed by atoms with Gasteiger partial charge in [-0.2, -0.15) is 0 Å². The van der Waals surface area contributed by atoms with E-state index in [1.54, 1.807) is 24.3 Å². The van der Waals surface area contributed by atoms with Gasteiger partial charge < -0.3 is 4.74 Å². The van der Waals surface area contributed by atoms with E-state index >= 15 is 0 Å². The maximum atomic E-state index is 11.8. The number of hydrogen-bond acceptors (Lipinski definition) is 3. The molecule has 0 atom stereocenters. The third-order valence-corrected chi connectivity index (χ3v) is 3.51. The standard InChI is InChI=1S/C14H18ClNO2.ClH/c15-13-7-3-2-6-12(13)14(17)18-11-10-16-8-4-1-5-9-16;/h2-3,6-7H,1,4-5,8-11H2;1H. The summed E-state index contributed by atoms with van der Waals surface area (Å²) in [7, 11) is 0. The molecule has 1 aromatic rings. The second-order valence-corrected chi connectivity index (χ2v) is 4.93. The third-order valence-electron chi connectivity index (χ3n) is 3.18. The number of halogens is 2. The highest BCUT2D eigenvalue weighted by Gasteiger charge is 2.13. The number of likely N-dealkylation sites (tertiary alicyclic amines) is 1. The molecule has 0 spiro atoms. The molecule has 0 bridgehead atoms. The number of esters is 1. The Bertz CT molecular complexity index is 406. The highest BCUT2D eigenvalue weighted by atomic mass is 35.5. The van der Waals surface area contributed by atoms with Gasteiger partial charge in [0.05, 0.1) is 10.6 Å². The molecular weight excluding hydrogens is 285 g/mol. The molecule has 0 radical (unpaired) electrons. The van der Waals surface area contributed by atoms with Crippen molar-refractivity contribution in [2.45, 2.75) is 19.3 Å². The van der Waals surface area contributed by atoms with Gasteiger partial charge in [-0.25, -0.2) is 4.79 Å². The summed E-state index contributed by atoms with van der Waals surface area (Å²) in [5, 5.41) is 0.445. The summed E-state index contributed by atoms with van der Waals surface area (Å²) in [6.07, 6.45) is 3.81. The zero-order chi connectivity index (χ0) is 12.8. The van der Waals surface area contributed by atoms with Crippen LogP contribution in [0, 0.1) is 0 Å². The van der Waals surface area contributed by atoms with Crippen molar-refractivity contribution in [2.24, 2.45) is 0 Å². The average molecular weight is 304 g/mol. The maximum Gasteiger partial charge on any atom is 0.339 e. The topological polar surface area (TPSA) is 29.5 Å². The van der Waals surface area contributed by atoms with Crippen LogP contribution in [0.5, 0.6) is 0 Å². The first-order valence-corrected chi connectivity index (χ1v) is 6.79. The zero-order valence-corrected chi connectivity index (χ0v) is 12.4. The van der Waals surface area contributed by atoms with Gasteiger partial charge in [-0.05, 0) is 38.1 Å². The van der Waals surface area contributed by atoms with Crippen LogP contribution in [0.1, 0.15) is 29.6 Å². The van der Waals surface area contributed by atoms with Crippen molar-refractivity contribution in [3.8, 4) is 0 Å². The number of ether oxygens (including phenoxy) is 1. The average Bonchev–Trinajstić information content (AvgIpc) is 2.40. The van der Waals surface area contributed by atoms with E-state index in [0.717, 1.165) is 19.6 Å². The largest absolute Gasteiger partial charge is 0.461 e. The van der Waals surface area contributed by atoms with E-state index in [0.29, 0.717) is 17.2 Å². The molecule has 0 aliphatic carbocycles. The lowest BCUT2D eigenvalue weighted by molar-refractivity contribution is 0.0452. The van der Waals surface area contributed by atoms with E-state index in [4.69, 9.17) is 16.3 Å². The fraction of sp³-hybridized carbons (Fsp3) is 0.500. The smallest absolute Gasteiger partial charge is 0.339 e. The Hall–Kier alpha value is -0.770. The second-order valence-electron chi connectivity index (χ2n) is 4.52. The summed E-state index contributed by atoms with van der Waals surface area (Å²) in [5.41, 5.74) is 0.442. The number of hydrogen-bond donors (Lipinski definition) is 0. The van der Waals surface area contributed by atoms with Gasteiger partial charge in [0.1, 0.15) is 6.61 Å². The van der Waals surface area contributed by atoms with Crippen LogP contribution in [0.2, 0.25) is 5.02 Å². The summed E-state index contributed by atoms with van der Waals surface area (Å²) < 4.78 is 5.25. The molecule has 106 valence electrons. The van der Waals surface area contributed by atoms with Crippen molar-refractivity contribution in [1.82, 2.24) is 4.90 Å². The number of carbonyl (C=O) groups is 1. The van der Waals surface area contributed by atoms with E-state index in [2.05, 4.69) is 4.90 Å². The lowest BCUT2D eigenvalue weighted by Crippen LogP contribution is -2.33. The summed E-state index contributed by atoms with van der Waals surface area (Å²) in [4.78, 5) is 14.1. The van der Waals surface area contributed by atoms with E-state index in [1.807, 2.05) is 0 Å².